The highest BCUT2D eigenvalue weighted by Gasteiger charge is 2.26. The van der Waals surface area contributed by atoms with Crippen LogP contribution < -0.4 is 0 Å². The standard InChI is InChI=1S/C14H24N4OS/c1-5-12-15-16-14(17(12)4)20-11(3)13(19)18-8-6-10(2)7-9-18/h10-11H,5-9H2,1-4H3. The number of hydrogen-bond acceptors (Lipinski definition) is 4. The molecule has 0 saturated carbocycles. The van der Waals surface area contributed by atoms with Crippen LogP contribution in [0.1, 0.15) is 39.4 Å². The van der Waals surface area contributed by atoms with Crippen LogP contribution in [0.15, 0.2) is 5.16 Å². The number of thioether (sulfide) groups is 1. The van der Waals surface area contributed by atoms with Crippen molar-refractivity contribution in [2.24, 2.45) is 13.0 Å². The summed E-state index contributed by atoms with van der Waals surface area (Å²) in [6, 6.07) is 0. The SMILES string of the molecule is CCc1nnc(SC(C)C(=O)N2CCC(C)CC2)n1C. The molecule has 0 bridgehead atoms. The first-order valence-corrected chi connectivity index (χ1v) is 8.24. The van der Waals surface area contributed by atoms with Gasteiger partial charge < -0.3 is 9.47 Å². The van der Waals surface area contributed by atoms with Crippen LogP contribution in [0, 0.1) is 5.92 Å². The predicted molar refractivity (Wildman–Crippen MR) is 80.7 cm³/mol. The van der Waals surface area contributed by atoms with Crippen LogP contribution in [0.2, 0.25) is 0 Å². The van der Waals surface area contributed by atoms with Crippen molar-refractivity contribution in [1.82, 2.24) is 19.7 Å². The van der Waals surface area contributed by atoms with Gasteiger partial charge in [-0.15, -0.1) is 10.2 Å². The van der Waals surface area contributed by atoms with Gasteiger partial charge in [0.05, 0.1) is 5.25 Å². The molecule has 1 aromatic rings. The molecule has 1 saturated heterocycles. The van der Waals surface area contributed by atoms with Crippen molar-refractivity contribution >= 4 is 17.7 Å². The van der Waals surface area contributed by atoms with Crippen LogP contribution in [0.5, 0.6) is 0 Å². The van der Waals surface area contributed by atoms with Gasteiger partial charge in [-0.2, -0.15) is 0 Å². The number of aromatic nitrogens is 3. The number of hydrogen-bond donors (Lipinski definition) is 0. The molecular formula is C14H24N4OS. The van der Waals surface area contributed by atoms with Crippen molar-refractivity contribution in [1.29, 1.82) is 0 Å². The Hall–Kier alpha value is -1.04. The second-order valence-corrected chi connectivity index (χ2v) is 6.89. The van der Waals surface area contributed by atoms with Gasteiger partial charge in [0, 0.05) is 26.6 Å². The Morgan fingerprint density at radius 2 is 2.05 bits per heavy atom. The van der Waals surface area contributed by atoms with E-state index in [1.165, 1.54) is 11.8 Å². The topological polar surface area (TPSA) is 51.0 Å². The number of aryl methyl sites for hydroxylation is 1. The number of carbonyl (C=O) groups excluding carboxylic acids is 1. The average Bonchev–Trinajstić information content (AvgIpc) is 2.79. The zero-order chi connectivity index (χ0) is 14.7. The summed E-state index contributed by atoms with van der Waals surface area (Å²) in [4.78, 5) is 14.4. The minimum absolute atomic E-state index is 0.101. The first kappa shape index (κ1) is 15.4. The van der Waals surface area contributed by atoms with Crippen LogP contribution >= 0.6 is 11.8 Å². The van der Waals surface area contributed by atoms with Crippen molar-refractivity contribution in [2.45, 2.75) is 50.4 Å². The van der Waals surface area contributed by atoms with Gasteiger partial charge >= 0.3 is 0 Å². The smallest absolute Gasteiger partial charge is 0.235 e. The molecule has 5 nitrogen and oxygen atoms in total. The molecule has 0 N–H and O–H groups in total. The largest absolute Gasteiger partial charge is 0.342 e. The molecule has 0 spiro atoms. The van der Waals surface area contributed by atoms with E-state index in [1.807, 2.05) is 23.4 Å². The Kier molecular flexibility index (Phi) is 5.07. The third-order valence-corrected chi connectivity index (χ3v) is 5.09. The molecule has 1 atom stereocenters. The molecule has 112 valence electrons. The fourth-order valence-electron chi connectivity index (χ4n) is 2.45. The fourth-order valence-corrected chi connectivity index (χ4v) is 3.37. The zero-order valence-corrected chi connectivity index (χ0v) is 13.6. The summed E-state index contributed by atoms with van der Waals surface area (Å²) in [5.74, 6) is 1.93. The summed E-state index contributed by atoms with van der Waals surface area (Å²) in [5, 5.41) is 9.03. The normalized spacial score (nSPS) is 18.3. The molecule has 0 radical (unpaired) electrons. The molecule has 2 rings (SSSR count). The second-order valence-electron chi connectivity index (χ2n) is 5.58. The van der Waals surface area contributed by atoms with Gasteiger partial charge in [-0.05, 0) is 25.7 Å². The highest BCUT2D eigenvalue weighted by atomic mass is 32.2. The molecule has 1 fully saturated rings. The molecule has 0 aliphatic carbocycles. The number of likely N-dealkylation sites (tertiary alicyclic amines) is 1. The lowest BCUT2D eigenvalue weighted by atomic mass is 9.99. The van der Waals surface area contributed by atoms with E-state index in [2.05, 4.69) is 24.0 Å². The summed E-state index contributed by atoms with van der Waals surface area (Å²) in [5.41, 5.74) is 0. The fraction of sp³-hybridized carbons (Fsp3) is 0.786. The van der Waals surface area contributed by atoms with E-state index in [0.717, 1.165) is 49.3 Å². The Bertz CT molecular complexity index is 466. The van der Waals surface area contributed by atoms with E-state index >= 15 is 0 Å². The van der Waals surface area contributed by atoms with E-state index in [4.69, 9.17) is 0 Å². The van der Waals surface area contributed by atoms with Gasteiger partial charge in [-0.25, -0.2) is 0 Å². The molecule has 1 unspecified atom stereocenters. The van der Waals surface area contributed by atoms with Crippen LogP contribution in [0.25, 0.3) is 0 Å². The minimum atomic E-state index is -0.101. The van der Waals surface area contributed by atoms with Crippen molar-refractivity contribution in [3.63, 3.8) is 0 Å². The number of piperidine rings is 1. The first-order chi connectivity index (χ1) is 9.52. The molecule has 6 heteroatoms. The molecule has 1 amide bonds. The van der Waals surface area contributed by atoms with Crippen LogP contribution in [0.3, 0.4) is 0 Å². The summed E-state index contributed by atoms with van der Waals surface area (Å²) in [6.07, 6.45) is 3.09. The summed E-state index contributed by atoms with van der Waals surface area (Å²) in [7, 11) is 1.96. The third-order valence-electron chi connectivity index (χ3n) is 3.97. The predicted octanol–water partition coefficient (Wildman–Crippen LogP) is 2.12. The lowest BCUT2D eigenvalue weighted by Gasteiger charge is -2.31. The maximum Gasteiger partial charge on any atom is 0.235 e. The monoisotopic (exact) mass is 296 g/mol. The maximum absolute atomic E-state index is 12.4. The van der Waals surface area contributed by atoms with Gasteiger partial charge in [0.25, 0.3) is 0 Å². The van der Waals surface area contributed by atoms with Crippen molar-refractivity contribution in [3.8, 4) is 0 Å². The first-order valence-electron chi connectivity index (χ1n) is 7.36. The highest BCUT2D eigenvalue weighted by molar-refractivity contribution is 8.00. The second kappa shape index (κ2) is 6.61. The van der Waals surface area contributed by atoms with Crippen LogP contribution in [-0.4, -0.2) is 43.9 Å². The number of nitrogens with zero attached hydrogens (tertiary/aromatic N) is 4. The molecule has 1 aliphatic rings. The average molecular weight is 296 g/mol. The lowest BCUT2D eigenvalue weighted by molar-refractivity contribution is -0.131. The van der Waals surface area contributed by atoms with Gasteiger partial charge in [-0.3, -0.25) is 4.79 Å². The Morgan fingerprint density at radius 1 is 1.40 bits per heavy atom. The van der Waals surface area contributed by atoms with Crippen LogP contribution in [-0.2, 0) is 18.3 Å². The molecule has 2 heterocycles. The summed E-state index contributed by atoms with van der Waals surface area (Å²) < 4.78 is 1.98. The Morgan fingerprint density at radius 3 is 2.60 bits per heavy atom. The maximum atomic E-state index is 12.4. The van der Waals surface area contributed by atoms with Gasteiger partial charge in [0.1, 0.15) is 5.82 Å². The van der Waals surface area contributed by atoms with E-state index < -0.39 is 0 Å². The minimum Gasteiger partial charge on any atom is -0.342 e. The van der Waals surface area contributed by atoms with Crippen molar-refractivity contribution in [3.05, 3.63) is 5.82 Å². The van der Waals surface area contributed by atoms with Crippen molar-refractivity contribution < 1.29 is 4.79 Å². The van der Waals surface area contributed by atoms with Gasteiger partial charge in [-0.1, -0.05) is 25.6 Å². The van der Waals surface area contributed by atoms with Gasteiger partial charge in [0.2, 0.25) is 5.91 Å². The molecule has 20 heavy (non-hydrogen) atoms. The van der Waals surface area contributed by atoms with Crippen molar-refractivity contribution in [2.75, 3.05) is 13.1 Å². The number of rotatable bonds is 4. The highest BCUT2D eigenvalue weighted by Crippen LogP contribution is 2.25. The quantitative estimate of drug-likeness (QED) is 0.799. The van der Waals surface area contributed by atoms with E-state index in [1.54, 1.807) is 0 Å². The number of amides is 1. The zero-order valence-electron chi connectivity index (χ0n) is 12.8. The van der Waals surface area contributed by atoms with E-state index in [-0.39, 0.29) is 11.2 Å². The third kappa shape index (κ3) is 3.34. The molecule has 1 aromatic heterocycles. The van der Waals surface area contributed by atoms with Crippen LogP contribution in [0.4, 0.5) is 0 Å². The molecular weight excluding hydrogens is 272 g/mol. The Labute approximate surface area is 125 Å². The summed E-state index contributed by atoms with van der Waals surface area (Å²) in [6.45, 7) is 8.06. The summed E-state index contributed by atoms with van der Waals surface area (Å²) >= 11 is 1.51. The van der Waals surface area contributed by atoms with Gasteiger partial charge in [0.15, 0.2) is 5.16 Å². The number of carbonyl (C=O) groups is 1. The van der Waals surface area contributed by atoms with E-state index in [0.29, 0.717) is 0 Å². The lowest BCUT2D eigenvalue weighted by Crippen LogP contribution is -2.41. The Balaban J connectivity index is 1.95. The molecule has 0 aromatic carbocycles. The molecule has 1 aliphatic heterocycles. The van der Waals surface area contributed by atoms with E-state index in [9.17, 15) is 4.79 Å².